The first-order valence-electron chi connectivity index (χ1n) is 9.28. The molecule has 1 fully saturated rings. The van der Waals surface area contributed by atoms with Crippen LogP contribution in [-0.2, 0) is 19.2 Å². The number of nitrogens with zero attached hydrogens (tertiary/aromatic N) is 1. The lowest BCUT2D eigenvalue weighted by atomic mass is 10.1. The highest BCUT2D eigenvalue weighted by molar-refractivity contribution is 5.94. The molecule has 0 radical (unpaired) electrons. The zero-order valence-corrected chi connectivity index (χ0v) is 15.9. The number of hydrogen-bond donors (Lipinski definition) is 5. The average molecular weight is 385 g/mol. The first kappa shape index (κ1) is 22.8. The number of rotatable bonds is 10. The molecule has 1 aliphatic heterocycles. The fourth-order valence-corrected chi connectivity index (χ4v) is 2.94. The van der Waals surface area contributed by atoms with Crippen LogP contribution in [0.3, 0.4) is 0 Å². The van der Waals surface area contributed by atoms with Gasteiger partial charge >= 0.3 is 5.97 Å². The van der Waals surface area contributed by atoms with E-state index in [-0.39, 0.29) is 0 Å². The molecule has 7 N–H and O–H groups in total. The number of carbonyl (C=O) groups is 4. The molecule has 27 heavy (non-hydrogen) atoms. The van der Waals surface area contributed by atoms with Gasteiger partial charge in [0.2, 0.25) is 17.7 Å². The molecule has 4 atom stereocenters. The van der Waals surface area contributed by atoms with Crippen LogP contribution in [0.25, 0.3) is 0 Å². The van der Waals surface area contributed by atoms with E-state index in [0.717, 1.165) is 0 Å². The summed E-state index contributed by atoms with van der Waals surface area (Å²) in [4.78, 5) is 49.6. The van der Waals surface area contributed by atoms with E-state index in [1.807, 2.05) is 0 Å². The second kappa shape index (κ2) is 10.8. The smallest absolute Gasteiger partial charge is 0.326 e. The number of likely N-dealkylation sites (tertiary alicyclic amines) is 1. The zero-order valence-electron chi connectivity index (χ0n) is 15.9. The summed E-state index contributed by atoms with van der Waals surface area (Å²) in [6.45, 7) is 3.79. The maximum absolute atomic E-state index is 12.9. The van der Waals surface area contributed by atoms with Gasteiger partial charge in [-0.05, 0) is 52.5 Å². The number of unbranched alkanes of at least 4 members (excludes halogenated alkanes) is 1. The first-order valence-corrected chi connectivity index (χ1v) is 9.28. The summed E-state index contributed by atoms with van der Waals surface area (Å²) < 4.78 is 0. The normalized spacial score (nSPS) is 19.9. The van der Waals surface area contributed by atoms with Gasteiger partial charge in [0.05, 0.1) is 6.04 Å². The summed E-state index contributed by atoms with van der Waals surface area (Å²) in [5.41, 5.74) is 11.0. The highest BCUT2D eigenvalue weighted by Crippen LogP contribution is 2.19. The zero-order chi connectivity index (χ0) is 20.6. The Hall–Kier alpha value is -2.20. The molecular weight excluding hydrogens is 354 g/mol. The molecule has 1 rings (SSSR count). The fourth-order valence-electron chi connectivity index (χ4n) is 2.94. The van der Waals surface area contributed by atoms with E-state index in [1.54, 1.807) is 0 Å². The Balaban J connectivity index is 2.80. The number of aliphatic carboxylic acids is 1. The van der Waals surface area contributed by atoms with Crippen LogP contribution >= 0.6 is 0 Å². The van der Waals surface area contributed by atoms with Crippen LogP contribution in [0.2, 0.25) is 0 Å². The van der Waals surface area contributed by atoms with Gasteiger partial charge < -0.3 is 32.1 Å². The van der Waals surface area contributed by atoms with Gasteiger partial charge in [0.25, 0.3) is 0 Å². The molecular formula is C17H31N5O5. The third-order valence-electron chi connectivity index (χ3n) is 4.55. The van der Waals surface area contributed by atoms with Crippen molar-refractivity contribution in [3.05, 3.63) is 0 Å². The predicted molar refractivity (Wildman–Crippen MR) is 98.5 cm³/mol. The van der Waals surface area contributed by atoms with Crippen molar-refractivity contribution in [2.45, 2.75) is 70.1 Å². The number of carbonyl (C=O) groups excluding carboxylic acids is 3. The molecule has 10 nitrogen and oxygen atoms in total. The van der Waals surface area contributed by atoms with Gasteiger partial charge in [-0.1, -0.05) is 0 Å². The Bertz CT molecular complexity index is 554. The number of carboxylic acid groups (broad SMARTS) is 1. The van der Waals surface area contributed by atoms with Gasteiger partial charge in [-0.25, -0.2) is 4.79 Å². The fraction of sp³-hybridized carbons (Fsp3) is 0.765. The van der Waals surface area contributed by atoms with E-state index in [0.29, 0.717) is 45.2 Å². The van der Waals surface area contributed by atoms with E-state index in [1.165, 1.54) is 18.7 Å². The second-order valence-electron chi connectivity index (χ2n) is 6.89. The van der Waals surface area contributed by atoms with Gasteiger partial charge in [-0.15, -0.1) is 0 Å². The molecule has 1 heterocycles. The first-order chi connectivity index (χ1) is 12.7. The maximum Gasteiger partial charge on any atom is 0.326 e. The minimum atomic E-state index is -1.05. The van der Waals surface area contributed by atoms with E-state index in [9.17, 15) is 24.3 Å². The molecule has 0 bridgehead atoms. The molecule has 0 aromatic rings. The third-order valence-corrected chi connectivity index (χ3v) is 4.55. The van der Waals surface area contributed by atoms with Crippen LogP contribution in [-0.4, -0.2) is 71.0 Å². The van der Waals surface area contributed by atoms with Crippen molar-refractivity contribution in [2.75, 3.05) is 13.1 Å². The topological polar surface area (TPSA) is 168 Å². The summed E-state index contributed by atoms with van der Waals surface area (Å²) >= 11 is 0. The van der Waals surface area contributed by atoms with Gasteiger partial charge in [-0.3, -0.25) is 14.4 Å². The standard InChI is InChI=1S/C17H31N5O5/c1-10(19)14(23)20-11(2)15(24)21-12(6-3-4-8-18)16(25)22-9-5-7-13(22)17(26)27/h10-13H,3-9,18-19H2,1-2H3,(H,20,23)(H,21,24)(H,26,27). The number of nitrogens with one attached hydrogen (secondary N) is 2. The van der Waals surface area contributed by atoms with Crippen molar-refractivity contribution in [3.63, 3.8) is 0 Å². The quantitative estimate of drug-likeness (QED) is 0.286. The van der Waals surface area contributed by atoms with Crippen LogP contribution in [0, 0.1) is 0 Å². The lowest BCUT2D eigenvalue weighted by Crippen LogP contribution is -2.56. The summed E-state index contributed by atoms with van der Waals surface area (Å²) in [6.07, 6.45) is 2.63. The summed E-state index contributed by atoms with van der Waals surface area (Å²) in [5, 5.41) is 14.4. The molecule has 10 heteroatoms. The SMILES string of the molecule is CC(N)C(=O)NC(C)C(=O)NC(CCCCN)C(=O)N1CCCC1C(=O)O. The molecule has 0 saturated carbocycles. The Morgan fingerprint density at radius 1 is 1.15 bits per heavy atom. The van der Waals surface area contributed by atoms with E-state index in [2.05, 4.69) is 10.6 Å². The molecule has 0 spiro atoms. The van der Waals surface area contributed by atoms with Crippen LogP contribution < -0.4 is 22.1 Å². The third kappa shape index (κ3) is 6.79. The highest BCUT2D eigenvalue weighted by atomic mass is 16.4. The molecule has 0 aromatic heterocycles. The monoisotopic (exact) mass is 385 g/mol. The van der Waals surface area contributed by atoms with Crippen molar-refractivity contribution in [2.24, 2.45) is 11.5 Å². The maximum atomic E-state index is 12.9. The minimum Gasteiger partial charge on any atom is -0.480 e. The Morgan fingerprint density at radius 2 is 1.81 bits per heavy atom. The highest BCUT2D eigenvalue weighted by Gasteiger charge is 2.37. The molecule has 1 saturated heterocycles. The lowest BCUT2D eigenvalue weighted by Gasteiger charge is -2.28. The Morgan fingerprint density at radius 3 is 2.37 bits per heavy atom. The number of nitrogens with two attached hydrogens (primary N) is 2. The van der Waals surface area contributed by atoms with Crippen molar-refractivity contribution in [3.8, 4) is 0 Å². The average Bonchev–Trinajstić information content (AvgIpc) is 3.10. The largest absolute Gasteiger partial charge is 0.480 e. The van der Waals surface area contributed by atoms with Gasteiger partial charge in [-0.2, -0.15) is 0 Å². The predicted octanol–water partition coefficient (Wildman–Crippen LogP) is -1.47. The molecule has 4 unspecified atom stereocenters. The van der Waals surface area contributed by atoms with Crippen LogP contribution in [0.5, 0.6) is 0 Å². The van der Waals surface area contributed by atoms with Crippen LogP contribution in [0.1, 0.15) is 46.0 Å². The van der Waals surface area contributed by atoms with Crippen molar-refractivity contribution < 1.29 is 24.3 Å². The van der Waals surface area contributed by atoms with E-state index in [4.69, 9.17) is 11.5 Å². The molecule has 154 valence electrons. The van der Waals surface area contributed by atoms with E-state index < -0.39 is 47.9 Å². The van der Waals surface area contributed by atoms with Crippen LogP contribution in [0.4, 0.5) is 0 Å². The second-order valence-corrected chi connectivity index (χ2v) is 6.89. The van der Waals surface area contributed by atoms with Gasteiger partial charge in [0, 0.05) is 6.54 Å². The summed E-state index contributed by atoms with van der Waals surface area (Å²) in [5.74, 6) is -2.48. The lowest BCUT2D eigenvalue weighted by molar-refractivity contribution is -0.149. The minimum absolute atomic E-state index is 0.343. The number of hydrogen-bond acceptors (Lipinski definition) is 6. The summed E-state index contributed by atoms with van der Waals surface area (Å²) in [6, 6.07) is -3.37. The van der Waals surface area contributed by atoms with Gasteiger partial charge in [0.15, 0.2) is 0 Å². The van der Waals surface area contributed by atoms with Crippen LogP contribution in [0.15, 0.2) is 0 Å². The Labute approximate surface area is 159 Å². The molecule has 0 aliphatic carbocycles. The van der Waals surface area contributed by atoms with E-state index >= 15 is 0 Å². The molecule has 3 amide bonds. The molecule has 0 aromatic carbocycles. The van der Waals surface area contributed by atoms with Crippen molar-refractivity contribution >= 4 is 23.7 Å². The summed E-state index contributed by atoms with van der Waals surface area (Å²) in [7, 11) is 0. The van der Waals surface area contributed by atoms with Crippen molar-refractivity contribution in [1.29, 1.82) is 0 Å². The number of amides is 3. The number of carboxylic acids is 1. The van der Waals surface area contributed by atoms with Crippen molar-refractivity contribution in [1.82, 2.24) is 15.5 Å². The molecule has 1 aliphatic rings. The van der Waals surface area contributed by atoms with Gasteiger partial charge in [0.1, 0.15) is 18.1 Å². The Kier molecular flexibility index (Phi) is 9.16.